The van der Waals surface area contributed by atoms with E-state index in [4.69, 9.17) is 11.6 Å². The summed E-state index contributed by atoms with van der Waals surface area (Å²) in [6.45, 7) is 2.29. The van der Waals surface area contributed by atoms with Crippen molar-refractivity contribution in [2.75, 3.05) is 42.5 Å². The molecular weight excluding hydrogens is 433 g/mol. The number of anilines is 2. The Morgan fingerprint density at radius 3 is 2.26 bits per heavy atom. The Kier molecular flexibility index (Phi) is 5.79. The summed E-state index contributed by atoms with van der Waals surface area (Å²) in [5, 5.41) is -0.0679. The summed E-state index contributed by atoms with van der Waals surface area (Å²) >= 11 is 6.03. The molecule has 31 heavy (non-hydrogen) atoms. The molecule has 2 fully saturated rings. The van der Waals surface area contributed by atoms with Crippen LogP contribution in [-0.4, -0.2) is 54.4 Å². The Bertz CT molecular complexity index is 989. The molecule has 2 aromatic rings. The number of amides is 2. The third-order valence-corrected chi connectivity index (χ3v) is 5.79. The number of nitrogens with zero attached hydrogens (tertiary/aromatic N) is 4. The highest BCUT2D eigenvalue weighted by atomic mass is 35.5. The van der Waals surface area contributed by atoms with Gasteiger partial charge < -0.3 is 14.7 Å². The second-order valence-corrected chi connectivity index (χ2v) is 7.91. The number of aromatic nitrogens is 1. The molecule has 2 amide bonds. The van der Waals surface area contributed by atoms with Crippen molar-refractivity contribution in [3.05, 3.63) is 52.7 Å². The first-order chi connectivity index (χ1) is 14.7. The fourth-order valence-corrected chi connectivity index (χ4v) is 4.11. The molecule has 0 unspecified atom stereocenters. The van der Waals surface area contributed by atoms with Gasteiger partial charge in [-0.05, 0) is 36.8 Å². The quantitative estimate of drug-likeness (QED) is 0.710. The fraction of sp³-hybridized carbons (Fsp3) is 0.381. The summed E-state index contributed by atoms with van der Waals surface area (Å²) in [6.07, 6.45) is -2.35. The minimum Gasteiger partial charge on any atom is -0.352 e. The van der Waals surface area contributed by atoms with E-state index in [9.17, 15) is 22.8 Å². The van der Waals surface area contributed by atoms with E-state index in [1.807, 2.05) is 0 Å². The molecule has 6 nitrogen and oxygen atoms in total. The van der Waals surface area contributed by atoms with Crippen LogP contribution in [0.4, 0.5) is 24.7 Å². The number of carbonyl (C=O) groups excluding carboxylic acids is 2. The number of pyridine rings is 1. The zero-order valence-corrected chi connectivity index (χ0v) is 17.3. The van der Waals surface area contributed by atoms with Crippen LogP contribution in [0.1, 0.15) is 28.8 Å². The molecule has 10 heteroatoms. The van der Waals surface area contributed by atoms with Crippen molar-refractivity contribution in [1.82, 2.24) is 9.88 Å². The monoisotopic (exact) mass is 452 g/mol. The lowest BCUT2D eigenvalue weighted by atomic mass is 10.1. The third-order valence-electron chi connectivity index (χ3n) is 5.51. The zero-order valence-electron chi connectivity index (χ0n) is 16.5. The van der Waals surface area contributed by atoms with Gasteiger partial charge in [-0.15, -0.1) is 0 Å². The summed E-state index contributed by atoms with van der Waals surface area (Å²) in [7, 11) is 0. The largest absolute Gasteiger partial charge is 0.417 e. The normalized spacial score (nSPS) is 17.4. The van der Waals surface area contributed by atoms with Crippen molar-refractivity contribution >= 4 is 34.9 Å². The molecule has 1 aromatic heterocycles. The number of benzene rings is 1. The summed E-state index contributed by atoms with van der Waals surface area (Å²) in [4.78, 5) is 33.7. The molecule has 1 aromatic carbocycles. The van der Waals surface area contributed by atoms with Crippen molar-refractivity contribution < 1.29 is 22.8 Å². The van der Waals surface area contributed by atoms with Crippen molar-refractivity contribution in [1.29, 1.82) is 0 Å². The van der Waals surface area contributed by atoms with E-state index < -0.39 is 11.7 Å². The molecule has 2 saturated heterocycles. The first kappa shape index (κ1) is 21.4. The molecule has 3 heterocycles. The maximum Gasteiger partial charge on any atom is 0.417 e. The van der Waals surface area contributed by atoms with E-state index in [-0.39, 0.29) is 22.7 Å². The van der Waals surface area contributed by atoms with Crippen molar-refractivity contribution in [3.8, 4) is 0 Å². The van der Waals surface area contributed by atoms with E-state index in [1.54, 1.807) is 39.0 Å². The van der Waals surface area contributed by atoms with Gasteiger partial charge in [-0.2, -0.15) is 13.2 Å². The number of alkyl halides is 3. The highest BCUT2D eigenvalue weighted by Crippen LogP contribution is 2.33. The molecule has 0 aliphatic carbocycles. The number of hydrogen-bond acceptors (Lipinski definition) is 4. The molecule has 0 bridgehead atoms. The average Bonchev–Trinajstić information content (AvgIpc) is 3.19. The molecule has 0 radical (unpaired) electrons. The SMILES string of the molecule is O=C(c1ccc(N2CCCC2=O)cc1)N1CCN(c2ncc(C(F)(F)F)cc2Cl)CC1. The summed E-state index contributed by atoms with van der Waals surface area (Å²) in [6, 6.07) is 7.85. The van der Waals surface area contributed by atoms with Gasteiger partial charge in [0.25, 0.3) is 5.91 Å². The summed E-state index contributed by atoms with van der Waals surface area (Å²) in [5.41, 5.74) is 0.413. The van der Waals surface area contributed by atoms with E-state index in [0.717, 1.165) is 24.4 Å². The number of piperazine rings is 1. The van der Waals surface area contributed by atoms with E-state index in [2.05, 4.69) is 4.98 Å². The smallest absolute Gasteiger partial charge is 0.352 e. The van der Waals surface area contributed by atoms with Crippen LogP contribution in [0.5, 0.6) is 0 Å². The first-order valence-corrected chi connectivity index (χ1v) is 10.3. The lowest BCUT2D eigenvalue weighted by Gasteiger charge is -2.36. The van der Waals surface area contributed by atoms with Crippen LogP contribution in [0.15, 0.2) is 36.5 Å². The minimum atomic E-state index is -4.50. The van der Waals surface area contributed by atoms with Crippen LogP contribution in [0.3, 0.4) is 0 Å². The Labute approximate surface area is 182 Å². The Morgan fingerprint density at radius 1 is 1.03 bits per heavy atom. The van der Waals surface area contributed by atoms with Crippen molar-refractivity contribution in [2.24, 2.45) is 0 Å². The summed E-state index contributed by atoms with van der Waals surface area (Å²) < 4.78 is 38.4. The van der Waals surface area contributed by atoms with Gasteiger partial charge in [0.05, 0.1) is 10.6 Å². The second kappa shape index (κ2) is 8.37. The zero-order chi connectivity index (χ0) is 22.2. The first-order valence-electron chi connectivity index (χ1n) is 9.91. The molecular formula is C21H20ClF3N4O2. The molecule has 0 spiro atoms. The second-order valence-electron chi connectivity index (χ2n) is 7.50. The lowest BCUT2D eigenvalue weighted by molar-refractivity contribution is -0.137. The maximum absolute atomic E-state index is 12.8. The molecule has 4 rings (SSSR count). The molecule has 0 atom stereocenters. The topological polar surface area (TPSA) is 56.8 Å². The van der Waals surface area contributed by atoms with Crippen molar-refractivity contribution in [3.63, 3.8) is 0 Å². The highest BCUT2D eigenvalue weighted by Gasteiger charge is 2.32. The van der Waals surface area contributed by atoms with Gasteiger partial charge in [0.15, 0.2) is 0 Å². The van der Waals surface area contributed by atoms with Crippen LogP contribution in [0, 0.1) is 0 Å². The van der Waals surface area contributed by atoms with Crippen LogP contribution < -0.4 is 9.80 Å². The van der Waals surface area contributed by atoms with Crippen LogP contribution >= 0.6 is 11.6 Å². The number of rotatable bonds is 3. The van der Waals surface area contributed by atoms with Crippen LogP contribution in [0.2, 0.25) is 5.02 Å². The third kappa shape index (κ3) is 4.46. The highest BCUT2D eigenvalue weighted by molar-refractivity contribution is 6.33. The van der Waals surface area contributed by atoms with Gasteiger partial charge in [-0.25, -0.2) is 4.98 Å². The van der Waals surface area contributed by atoms with Gasteiger partial charge in [-0.3, -0.25) is 9.59 Å². The Hall–Kier alpha value is -2.81. The Morgan fingerprint density at radius 2 is 1.71 bits per heavy atom. The van der Waals surface area contributed by atoms with E-state index in [0.29, 0.717) is 44.7 Å². The summed E-state index contributed by atoms with van der Waals surface area (Å²) in [5.74, 6) is 0.234. The van der Waals surface area contributed by atoms with Gasteiger partial charge in [0, 0.05) is 56.6 Å². The average molecular weight is 453 g/mol. The molecule has 0 N–H and O–H groups in total. The molecule has 2 aliphatic heterocycles. The number of halogens is 4. The van der Waals surface area contributed by atoms with E-state index >= 15 is 0 Å². The fourth-order valence-electron chi connectivity index (χ4n) is 3.83. The van der Waals surface area contributed by atoms with Crippen LogP contribution in [0.25, 0.3) is 0 Å². The van der Waals surface area contributed by atoms with Gasteiger partial charge in [0.1, 0.15) is 5.82 Å². The lowest BCUT2D eigenvalue weighted by Crippen LogP contribution is -2.49. The number of carbonyl (C=O) groups is 2. The van der Waals surface area contributed by atoms with Crippen molar-refractivity contribution in [2.45, 2.75) is 19.0 Å². The van der Waals surface area contributed by atoms with Gasteiger partial charge >= 0.3 is 6.18 Å². The molecule has 164 valence electrons. The Balaban J connectivity index is 1.38. The number of hydrogen-bond donors (Lipinski definition) is 0. The predicted molar refractivity (Wildman–Crippen MR) is 110 cm³/mol. The van der Waals surface area contributed by atoms with Crippen LogP contribution in [-0.2, 0) is 11.0 Å². The maximum atomic E-state index is 12.8. The standard InChI is InChI=1S/C21H20ClF3N4O2/c22-17-12-15(21(23,24)25)13-26-19(17)27-8-10-28(11-9-27)20(31)14-3-5-16(6-4-14)29-7-1-2-18(29)30/h3-6,12-13H,1-2,7-11H2. The van der Waals surface area contributed by atoms with E-state index in [1.165, 1.54) is 0 Å². The predicted octanol–water partition coefficient (Wildman–Crippen LogP) is 3.84. The van der Waals surface area contributed by atoms with Gasteiger partial charge in [0.2, 0.25) is 5.91 Å². The molecule has 2 aliphatic rings. The minimum absolute atomic E-state index is 0.0679. The van der Waals surface area contributed by atoms with Gasteiger partial charge in [-0.1, -0.05) is 11.6 Å². The molecule has 0 saturated carbocycles.